The zero-order valence-electron chi connectivity index (χ0n) is 38.8. The molecule has 0 amide bonds. The zero-order valence-corrected chi connectivity index (χ0v) is 42.7. The summed E-state index contributed by atoms with van der Waals surface area (Å²) < 4.78 is 4.22. The summed E-state index contributed by atoms with van der Waals surface area (Å²) in [5, 5.41) is 0. The molecule has 0 heterocycles. The Bertz CT molecular complexity index is 2160. The van der Waals surface area contributed by atoms with Gasteiger partial charge in [0.05, 0.1) is 0 Å². The molecule has 0 spiro atoms. The Balaban J connectivity index is 0.00000372. The van der Waals surface area contributed by atoms with Crippen LogP contribution in [-0.2, 0) is 49.3 Å². The fourth-order valence-corrected chi connectivity index (χ4v) is 19.3. The van der Waals surface area contributed by atoms with Crippen molar-refractivity contribution < 1.29 is 46.1 Å². The van der Waals surface area contributed by atoms with E-state index in [4.69, 9.17) is 0 Å². The number of benzene rings is 4. The molecule has 0 aromatic heterocycles. The van der Waals surface area contributed by atoms with E-state index in [1.807, 2.05) is 3.21 Å². The largest absolute Gasteiger partial charge is 1.00 e. The van der Waals surface area contributed by atoms with E-state index in [0.29, 0.717) is 15.5 Å². The summed E-state index contributed by atoms with van der Waals surface area (Å²) in [4.78, 5) is 0. The van der Waals surface area contributed by atoms with Crippen LogP contribution in [0.25, 0.3) is 33.4 Å². The van der Waals surface area contributed by atoms with E-state index in [1.54, 1.807) is 14.4 Å². The molecule has 0 bridgehead atoms. The number of hydrogen-bond donors (Lipinski definition) is 0. The maximum Gasteiger partial charge on any atom is -1.00 e. The summed E-state index contributed by atoms with van der Waals surface area (Å²) in [5.41, 5.74) is 17.8. The Morgan fingerprint density at radius 3 is 1.43 bits per heavy atom. The zero-order chi connectivity index (χ0) is 41.1. The van der Waals surface area contributed by atoms with Gasteiger partial charge in [-0.1, -0.05) is 0 Å². The maximum atomic E-state index is 2.66. The van der Waals surface area contributed by atoms with Gasteiger partial charge in [-0.05, 0) is 0 Å². The molecule has 0 saturated heterocycles. The van der Waals surface area contributed by atoms with E-state index in [2.05, 4.69) is 202 Å². The van der Waals surface area contributed by atoms with Crippen molar-refractivity contribution in [1.82, 2.24) is 0 Å². The summed E-state index contributed by atoms with van der Waals surface area (Å²) in [6.07, 6.45) is 13.3. The quantitative estimate of drug-likeness (QED) is 0.146. The van der Waals surface area contributed by atoms with Gasteiger partial charge in [-0.3, -0.25) is 0 Å². The second kappa shape index (κ2) is 18.0. The first-order chi connectivity index (χ1) is 25.9. The summed E-state index contributed by atoms with van der Waals surface area (Å²) in [7, 11) is 0. The van der Waals surface area contributed by atoms with Crippen LogP contribution < -0.4 is 28.1 Å². The molecule has 6 rings (SSSR count). The first kappa shape index (κ1) is 48.4. The Morgan fingerprint density at radius 1 is 0.552 bits per heavy atom. The maximum absolute atomic E-state index is 2.67. The summed E-state index contributed by atoms with van der Waals surface area (Å²) in [5.74, 6) is 1.28. The molecule has 0 aliphatic heterocycles. The van der Waals surface area contributed by atoms with E-state index in [0.717, 1.165) is 6.42 Å². The van der Waals surface area contributed by atoms with E-state index in [1.165, 1.54) is 68.5 Å². The van der Waals surface area contributed by atoms with Crippen LogP contribution in [0.2, 0.25) is 3.63 Å². The first-order valence-corrected chi connectivity index (χ1v) is 25.5. The van der Waals surface area contributed by atoms with Gasteiger partial charge in [0, 0.05) is 0 Å². The summed E-state index contributed by atoms with van der Waals surface area (Å²) in [6.45, 7) is 38.3. The molecule has 4 aromatic carbocycles. The average molecular weight is 895 g/mol. The molecule has 0 unspecified atom stereocenters. The summed E-state index contributed by atoms with van der Waals surface area (Å²) in [6, 6.07) is 27.2. The Hall–Kier alpha value is -2.31. The van der Waals surface area contributed by atoms with E-state index < -0.39 is 21.3 Å². The molecule has 3 heteroatoms. The number of rotatable bonds is 8. The normalized spacial score (nSPS) is 13.9. The van der Waals surface area contributed by atoms with Gasteiger partial charge < -0.3 is 24.8 Å². The Morgan fingerprint density at radius 2 is 1.00 bits per heavy atom. The fourth-order valence-electron chi connectivity index (χ4n) is 9.21. The second-order valence-electron chi connectivity index (χ2n) is 22.1. The van der Waals surface area contributed by atoms with Crippen LogP contribution in [0, 0.1) is 11.8 Å². The van der Waals surface area contributed by atoms with E-state index in [-0.39, 0.29) is 46.5 Å². The first-order valence-electron chi connectivity index (χ1n) is 21.6. The molecule has 310 valence electrons. The predicted octanol–water partition coefficient (Wildman–Crippen LogP) is 9.21. The molecule has 0 N–H and O–H groups in total. The van der Waals surface area contributed by atoms with Crippen molar-refractivity contribution in [3.8, 4) is 33.4 Å². The molecule has 2 aliphatic rings. The molecule has 0 fully saturated rings. The third kappa shape index (κ3) is 10.2. The van der Waals surface area contributed by atoms with Crippen LogP contribution in [0.15, 0.2) is 91.0 Å². The van der Waals surface area contributed by atoms with Crippen LogP contribution in [0.3, 0.4) is 0 Å². The molecule has 58 heavy (non-hydrogen) atoms. The second-order valence-corrected chi connectivity index (χ2v) is 28.7. The van der Waals surface area contributed by atoms with Crippen LogP contribution >= 0.6 is 0 Å². The minimum absolute atomic E-state index is 0. The molecule has 0 radical (unpaired) electrons. The van der Waals surface area contributed by atoms with Crippen LogP contribution in [0.1, 0.15) is 157 Å². The van der Waals surface area contributed by atoms with Gasteiger partial charge in [-0.15, -0.1) is 0 Å². The van der Waals surface area contributed by atoms with Crippen molar-refractivity contribution in [2.24, 2.45) is 11.8 Å². The SMILES string of the molecule is CC(C)C[C](CC(C)C)=[Zr+2]([c]1c2c(cc(C(C)(C)C)c1-c1ccc(C(C)(C)C)cc1)-c1cc(C(C)(C)C)c(-c3ccc(C(C)(C)C)cc3)cc1C2)[CH]1C=CC=C1.[Cl-].[Cl-]. The van der Waals surface area contributed by atoms with Crippen molar-refractivity contribution in [2.75, 3.05) is 0 Å². The third-order valence-electron chi connectivity index (χ3n) is 12.1. The number of allylic oxidation sites excluding steroid dienone is 4. The third-order valence-corrected chi connectivity index (χ3v) is 20.2. The van der Waals surface area contributed by atoms with Gasteiger partial charge in [0.2, 0.25) is 0 Å². The fraction of sp³-hybridized carbons (Fsp3) is 0.473. The van der Waals surface area contributed by atoms with Crippen molar-refractivity contribution in [3.05, 3.63) is 124 Å². The van der Waals surface area contributed by atoms with Gasteiger partial charge >= 0.3 is 353 Å². The van der Waals surface area contributed by atoms with Crippen LogP contribution in [0.4, 0.5) is 0 Å². The van der Waals surface area contributed by atoms with Gasteiger partial charge in [0.15, 0.2) is 0 Å². The number of hydrogen-bond acceptors (Lipinski definition) is 0. The predicted molar refractivity (Wildman–Crippen MR) is 246 cm³/mol. The van der Waals surface area contributed by atoms with Crippen molar-refractivity contribution in [2.45, 2.75) is 155 Å². The van der Waals surface area contributed by atoms with Crippen LogP contribution in [-0.4, -0.2) is 3.21 Å². The van der Waals surface area contributed by atoms with Crippen molar-refractivity contribution in [3.63, 3.8) is 0 Å². The van der Waals surface area contributed by atoms with Gasteiger partial charge in [-0.2, -0.15) is 0 Å². The monoisotopic (exact) mass is 892 g/mol. The van der Waals surface area contributed by atoms with Crippen molar-refractivity contribution >= 4 is 6.48 Å². The minimum atomic E-state index is -2.67. The van der Waals surface area contributed by atoms with Gasteiger partial charge in [0.1, 0.15) is 0 Å². The Kier molecular flexibility index (Phi) is 15.0. The van der Waals surface area contributed by atoms with Crippen LogP contribution in [0.5, 0.6) is 0 Å². The molecular weight excluding hydrogens is 823 g/mol. The molecule has 0 atom stereocenters. The number of halogens is 2. The average Bonchev–Trinajstić information content (AvgIpc) is 3.74. The minimum Gasteiger partial charge on any atom is -1.00 e. The topological polar surface area (TPSA) is 0 Å². The molecule has 0 nitrogen and oxygen atoms in total. The smallest absolute Gasteiger partial charge is 1.00 e. The van der Waals surface area contributed by atoms with Gasteiger partial charge in [0.25, 0.3) is 0 Å². The van der Waals surface area contributed by atoms with E-state index in [9.17, 15) is 0 Å². The van der Waals surface area contributed by atoms with Gasteiger partial charge in [-0.25, -0.2) is 0 Å². The van der Waals surface area contributed by atoms with E-state index >= 15 is 0 Å². The number of fused-ring (bicyclic) bond motifs is 3. The summed E-state index contributed by atoms with van der Waals surface area (Å²) >= 11 is -2.67. The molecule has 4 aromatic rings. The molecule has 2 aliphatic carbocycles. The Labute approximate surface area is 374 Å². The molecule has 0 saturated carbocycles. The molecular formula is C55H72Cl2Zr. The van der Waals surface area contributed by atoms with Crippen molar-refractivity contribution in [1.29, 1.82) is 0 Å². The standard InChI is InChI=1S/C41H49.C9H18.C5H5.2ClH.Zr/c1-38(2,3)30-17-13-26(14-18-30)34-22-28-21-29-23-35(27-15-19-31(20-16-27)39(4,5)6)37(41(10,11)12)25-33(29)32(28)24-36(34)40(7,8)9;1-8(2)6-5-7-9(3)4;1-2-4-5-3-1;;;/h13-20,22,24-25H,21H2,1-12H3;8-9H,6-7H2,1-4H3;1-5H;2*1H;/q;;;;;+2/p-2.